The Labute approximate surface area is 69.1 Å². The van der Waals surface area contributed by atoms with Gasteiger partial charge in [0.1, 0.15) is 0 Å². The number of aliphatic carboxylic acids is 1. The van der Waals surface area contributed by atoms with Gasteiger partial charge >= 0.3 is 5.97 Å². The number of rotatable bonds is 4. The third kappa shape index (κ3) is 2.50. The normalized spacial score (nSPS) is 18.5. The summed E-state index contributed by atoms with van der Waals surface area (Å²) < 4.78 is 0. The van der Waals surface area contributed by atoms with Crippen LogP contribution in [0.15, 0.2) is 12.2 Å². The first kappa shape index (κ1) is 8.52. The Morgan fingerprint density at radius 1 is 1.64 bits per heavy atom. The fourth-order valence-electron chi connectivity index (χ4n) is 1.27. The first-order chi connectivity index (χ1) is 5.20. The number of carboxylic acid groups (broad SMARTS) is 1. The van der Waals surface area contributed by atoms with Crippen molar-refractivity contribution in [2.75, 3.05) is 0 Å². The van der Waals surface area contributed by atoms with Gasteiger partial charge in [-0.25, -0.2) is 4.79 Å². The molecule has 0 bridgehead atoms. The van der Waals surface area contributed by atoms with Crippen LogP contribution >= 0.6 is 0 Å². The highest BCUT2D eigenvalue weighted by Gasteiger charge is 2.18. The van der Waals surface area contributed by atoms with Gasteiger partial charge in [-0.15, -0.1) is 0 Å². The van der Waals surface area contributed by atoms with Gasteiger partial charge in [-0.2, -0.15) is 0 Å². The summed E-state index contributed by atoms with van der Waals surface area (Å²) in [6, 6.07) is 0.806. The van der Waals surface area contributed by atoms with Gasteiger partial charge in [-0.3, -0.25) is 0 Å². The Kier molecular flexibility index (Phi) is 2.88. The molecule has 2 nitrogen and oxygen atoms in total. The molecule has 0 heterocycles. The molecule has 1 fully saturated rings. The minimum atomic E-state index is -0.808. The van der Waals surface area contributed by atoms with E-state index in [1.807, 2.05) is 0 Å². The summed E-state index contributed by atoms with van der Waals surface area (Å²) in [6.07, 6.45) is 4.05. The van der Waals surface area contributed by atoms with Crippen LogP contribution in [0.5, 0.6) is 0 Å². The van der Waals surface area contributed by atoms with Crippen molar-refractivity contribution in [2.45, 2.75) is 30.8 Å². The van der Waals surface area contributed by atoms with Crippen LogP contribution in [0.4, 0.5) is 0 Å². The Balaban J connectivity index is 2.10. The molecule has 1 aliphatic carbocycles. The van der Waals surface area contributed by atoms with Crippen molar-refractivity contribution in [3.8, 4) is 0 Å². The Morgan fingerprint density at radius 3 is 2.64 bits per heavy atom. The first-order valence-corrected chi connectivity index (χ1v) is 5.93. The largest absolute Gasteiger partial charge is 0.478 e. The maximum absolute atomic E-state index is 10.3. The lowest BCUT2D eigenvalue weighted by Gasteiger charge is -2.24. The zero-order chi connectivity index (χ0) is 8.27. The van der Waals surface area contributed by atoms with Crippen LogP contribution < -0.4 is 0 Å². The summed E-state index contributed by atoms with van der Waals surface area (Å²) in [5.74, 6) is -0.808. The molecule has 0 aromatic carbocycles. The van der Waals surface area contributed by atoms with Crippen molar-refractivity contribution in [3.05, 3.63) is 12.2 Å². The van der Waals surface area contributed by atoms with E-state index in [1.165, 1.54) is 19.3 Å². The van der Waals surface area contributed by atoms with Crippen LogP contribution in [0.2, 0.25) is 11.6 Å². The topological polar surface area (TPSA) is 37.3 Å². The number of carboxylic acids is 1. The summed E-state index contributed by atoms with van der Waals surface area (Å²) in [5.41, 5.74) is 1.34. The van der Waals surface area contributed by atoms with Crippen LogP contribution in [-0.4, -0.2) is 20.6 Å². The van der Waals surface area contributed by atoms with Crippen molar-refractivity contribution in [1.82, 2.24) is 0 Å². The molecule has 0 aromatic rings. The summed E-state index contributed by atoms with van der Waals surface area (Å²) >= 11 is 0. The van der Waals surface area contributed by atoms with Crippen LogP contribution in [0.1, 0.15) is 19.3 Å². The Hall–Kier alpha value is -0.573. The molecule has 3 heteroatoms. The zero-order valence-electron chi connectivity index (χ0n) is 6.68. The molecule has 0 saturated heterocycles. The molecule has 0 amide bonds. The second-order valence-electron chi connectivity index (χ2n) is 3.24. The molecule has 0 atom stereocenters. The van der Waals surface area contributed by atoms with Gasteiger partial charge in [-0.05, 0) is 6.04 Å². The van der Waals surface area contributed by atoms with Crippen LogP contribution in [-0.2, 0) is 4.79 Å². The van der Waals surface area contributed by atoms with Gasteiger partial charge in [-0.1, -0.05) is 31.4 Å². The van der Waals surface area contributed by atoms with Gasteiger partial charge in [0.05, 0.1) is 0 Å². The minimum Gasteiger partial charge on any atom is -0.478 e. The summed E-state index contributed by atoms with van der Waals surface area (Å²) in [5, 5.41) is 8.51. The highest BCUT2D eigenvalue weighted by molar-refractivity contribution is 6.40. The van der Waals surface area contributed by atoms with Crippen LogP contribution in [0.25, 0.3) is 0 Å². The van der Waals surface area contributed by atoms with E-state index in [0.717, 1.165) is 11.6 Å². The third-order valence-corrected chi connectivity index (χ3v) is 4.91. The van der Waals surface area contributed by atoms with Crippen LogP contribution in [0.3, 0.4) is 0 Å². The minimum absolute atomic E-state index is 0.148. The molecule has 0 spiro atoms. The molecular formula is C8H14O2Si. The number of carbonyl (C=O) groups is 1. The molecule has 1 aliphatic rings. The lowest BCUT2D eigenvalue weighted by atomic mass is 10.00. The smallest absolute Gasteiger partial charge is 0.330 e. The average molecular weight is 170 g/mol. The van der Waals surface area contributed by atoms with Crippen molar-refractivity contribution >= 4 is 15.5 Å². The predicted octanol–water partition coefficient (Wildman–Crippen LogP) is 1.19. The quantitative estimate of drug-likeness (QED) is 0.508. The molecule has 0 unspecified atom stereocenters. The van der Waals surface area contributed by atoms with E-state index in [-0.39, 0.29) is 9.52 Å². The monoisotopic (exact) mass is 170 g/mol. The zero-order valence-corrected chi connectivity index (χ0v) is 8.09. The van der Waals surface area contributed by atoms with Crippen LogP contribution in [0, 0.1) is 0 Å². The van der Waals surface area contributed by atoms with E-state index in [2.05, 4.69) is 6.58 Å². The third-order valence-electron chi connectivity index (χ3n) is 2.38. The maximum Gasteiger partial charge on any atom is 0.330 e. The highest BCUT2D eigenvalue weighted by Crippen LogP contribution is 2.32. The predicted molar refractivity (Wildman–Crippen MR) is 47.7 cm³/mol. The maximum atomic E-state index is 10.3. The van der Waals surface area contributed by atoms with Gasteiger partial charge in [0, 0.05) is 15.1 Å². The molecule has 1 rings (SSSR count). The van der Waals surface area contributed by atoms with Gasteiger partial charge in [0.2, 0.25) is 0 Å². The van der Waals surface area contributed by atoms with E-state index >= 15 is 0 Å². The Morgan fingerprint density at radius 2 is 2.27 bits per heavy atom. The molecule has 11 heavy (non-hydrogen) atoms. The van der Waals surface area contributed by atoms with Gasteiger partial charge < -0.3 is 5.11 Å². The summed E-state index contributed by atoms with van der Waals surface area (Å²) in [7, 11) is -0.148. The highest BCUT2D eigenvalue weighted by atomic mass is 28.2. The standard InChI is InChI=1S/C8H14O2Si/c1-6(8(9)10)5-11-7-3-2-4-7/h7H,1-5,11H2,(H,9,10). The second kappa shape index (κ2) is 3.71. The lowest BCUT2D eigenvalue weighted by Crippen LogP contribution is -2.14. The fraction of sp³-hybridized carbons (Fsp3) is 0.625. The van der Waals surface area contributed by atoms with Gasteiger partial charge in [0.15, 0.2) is 0 Å². The molecule has 0 aromatic heterocycles. The summed E-state index contributed by atoms with van der Waals surface area (Å²) in [6.45, 7) is 3.52. The van der Waals surface area contributed by atoms with E-state index < -0.39 is 5.97 Å². The van der Waals surface area contributed by atoms with Crippen molar-refractivity contribution in [1.29, 1.82) is 0 Å². The van der Waals surface area contributed by atoms with E-state index in [4.69, 9.17) is 5.11 Å². The fourth-order valence-corrected chi connectivity index (χ4v) is 3.39. The van der Waals surface area contributed by atoms with E-state index in [0.29, 0.717) is 5.57 Å². The lowest BCUT2D eigenvalue weighted by molar-refractivity contribution is -0.132. The molecule has 1 N–H and O–H groups in total. The molecule has 0 aliphatic heterocycles. The molecule has 0 radical (unpaired) electrons. The van der Waals surface area contributed by atoms with E-state index in [9.17, 15) is 4.79 Å². The summed E-state index contributed by atoms with van der Waals surface area (Å²) in [4.78, 5) is 10.3. The number of hydrogen-bond donors (Lipinski definition) is 1. The SMILES string of the molecule is C=C(C[SiH2]C1CCC1)C(=O)O. The molecule has 1 saturated carbocycles. The first-order valence-electron chi connectivity index (χ1n) is 4.11. The average Bonchev–Trinajstić information content (AvgIpc) is 1.83. The number of hydrogen-bond acceptors (Lipinski definition) is 1. The molecule has 62 valence electrons. The Bertz CT molecular complexity index is 173. The second-order valence-corrected chi connectivity index (χ2v) is 5.48. The van der Waals surface area contributed by atoms with Crippen molar-refractivity contribution in [3.63, 3.8) is 0 Å². The van der Waals surface area contributed by atoms with Crippen molar-refractivity contribution in [2.24, 2.45) is 0 Å². The van der Waals surface area contributed by atoms with E-state index in [1.54, 1.807) is 0 Å². The van der Waals surface area contributed by atoms with Crippen molar-refractivity contribution < 1.29 is 9.90 Å². The van der Waals surface area contributed by atoms with Gasteiger partial charge in [0.25, 0.3) is 0 Å². The molecular weight excluding hydrogens is 156 g/mol.